The van der Waals surface area contributed by atoms with Crippen molar-refractivity contribution in [1.29, 1.82) is 0 Å². The summed E-state index contributed by atoms with van der Waals surface area (Å²) in [6.07, 6.45) is 0. The zero-order valence-electron chi connectivity index (χ0n) is 21.5. The van der Waals surface area contributed by atoms with E-state index >= 15 is 0 Å². The lowest BCUT2D eigenvalue weighted by molar-refractivity contribution is 0.844. The summed E-state index contributed by atoms with van der Waals surface area (Å²) in [7, 11) is 0. The molecule has 0 spiro atoms. The fraction of sp³-hybridized carbons (Fsp3) is 0.0278. The Morgan fingerprint density at radius 2 is 1.00 bits per heavy atom. The van der Waals surface area contributed by atoms with Gasteiger partial charge in [-0.05, 0) is 28.3 Å². The molecule has 40 heavy (non-hydrogen) atoms. The van der Waals surface area contributed by atoms with Crippen LogP contribution in [0, 0.1) is 0 Å². The standard InChI is InChI=1S/C36H23N3S/c1-3-13-23(14-4-1)34-37-35(24-15-5-2-6-16-24)39-36(38-34)32-26-18-8-7-17-25(26)31-29-21-11-12-22-30(29)40-33(31)28-20-10-9-19-27(28)32/h1-22,32H. The van der Waals surface area contributed by atoms with Crippen molar-refractivity contribution in [3.63, 3.8) is 0 Å². The minimum atomic E-state index is -0.154. The van der Waals surface area contributed by atoms with E-state index in [1.54, 1.807) is 0 Å². The first kappa shape index (κ1) is 23.0. The van der Waals surface area contributed by atoms with Crippen LogP contribution in [0.2, 0.25) is 0 Å². The average molecular weight is 530 g/mol. The summed E-state index contributed by atoms with van der Waals surface area (Å²) in [5.74, 6) is 1.97. The van der Waals surface area contributed by atoms with Crippen LogP contribution >= 0.6 is 11.3 Å². The number of benzene rings is 5. The van der Waals surface area contributed by atoms with Crippen LogP contribution in [0.25, 0.3) is 54.4 Å². The topological polar surface area (TPSA) is 38.7 Å². The Labute approximate surface area is 236 Å². The molecule has 0 fully saturated rings. The number of nitrogens with zero attached hydrogens (tertiary/aromatic N) is 3. The Morgan fingerprint density at radius 1 is 0.475 bits per heavy atom. The molecule has 1 unspecified atom stereocenters. The molecular weight excluding hydrogens is 506 g/mol. The molecule has 188 valence electrons. The van der Waals surface area contributed by atoms with E-state index in [1.807, 2.05) is 47.7 Å². The molecule has 4 heteroatoms. The van der Waals surface area contributed by atoms with Gasteiger partial charge in [0.15, 0.2) is 11.6 Å². The minimum Gasteiger partial charge on any atom is -0.212 e. The molecule has 0 radical (unpaired) electrons. The maximum Gasteiger partial charge on any atom is 0.163 e. The van der Waals surface area contributed by atoms with Crippen LogP contribution in [0.15, 0.2) is 133 Å². The van der Waals surface area contributed by atoms with Crippen LogP contribution in [0.5, 0.6) is 0 Å². The van der Waals surface area contributed by atoms with Crippen LogP contribution in [-0.4, -0.2) is 15.0 Å². The fourth-order valence-electron chi connectivity index (χ4n) is 5.83. The second-order valence-corrected chi connectivity index (χ2v) is 11.0. The summed E-state index contributed by atoms with van der Waals surface area (Å²) in [5, 5.41) is 1.29. The van der Waals surface area contributed by atoms with Gasteiger partial charge in [-0.1, -0.05) is 127 Å². The highest BCUT2D eigenvalue weighted by Crippen LogP contribution is 2.53. The molecular formula is C36H23N3S. The molecule has 3 nitrogen and oxygen atoms in total. The second-order valence-electron chi connectivity index (χ2n) is 9.98. The second kappa shape index (κ2) is 9.37. The first-order chi connectivity index (χ1) is 19.8. The molecule has 2 aromatic heterocycles. The van der Waals surface area contributed by atoms with Gasteiger partial charge in [0.25, 0.3) is 0 Å². The lowest BCUT2D eigenvalue weighted by atomic mass is 9.86. The molecule has 1 aliphatic rings. The molecule has 1 aliphatic carbocycles. The molecule has 5 aromatic carbocycles. The summed E-state index contributed by atoms with van der Waals surface area (Å²) < 4.78 is 1.30. The van der Waals surface area contributed by atoms with Gasteiger partial charge in [0.1, 0.15) is 5.82 Å². The number of aromatic nitrogens is 3. The molecule has 0 amide bonds. The molecule has 1 atom stereocenters. The zero-order chi connectivity index (χ0) is 26.5. The van der Waals surface area contributed by atoms with Gasteiger partial charge in [-0.15, -0.1) is 11.3 Å². The molecule has 7 aromatic rings. The van der Waals surface area contributed by atoms with Crippen LogP contribution in [0.4, 0.5) is 0 Å². The largest absolute Gasteiger partial charge is 0.212 e. The van der Waals surface area contributed by atoms with E-state index in [1.165, 1.54) is 42.8 Å². The third-order valence-corrected chi connectivity index (χ3v) is 8.83. The summed E-state index contributed by atoms with van der Waals surface area (Å²) in [5.41, 5.74) is 8.15. The third kappa shape index (κ3) is 3.69. The van der Waals surface area contributed by atoms with E-state index in [2.05, 4.69) is 97.1 Å². The van der Waals surface area contributed by atoms with Gasteiger partial charge in [-0.25, -0.2) is 15.0 Å². The van der Waals surface area contributed by atoms with Crippen LogP contribution in [-0.2, 0) is 0 Å². The number of fused-ring (bicyclic) bond motifs is 7. The quantitative estimate of drug-likeness (QED) is 0.229. The monoisotopic (exact) mass is 529 g/mol. The molecule has 0 saturated heterocycles. The van der Waals surface area contributed by atoms with Crippen LogP contribution in [0.1, 0.15) is 22.9 Å². The van der Waals surface area contributed by atoms with E-state index in [4.69, 9.17) is 15.0 Å². The molecule has 0 bridgehead atoms. The normalized spacial score (nSPS) is 13.8. The predicted molar refractivity (Wildman–Crippen MR) is 164 cm³/mol. The van der Waals surface area contributed by atoms with Crippen molar-refractivity contribution in [3.8, 4) is 44.3 Å². The highest BCUT2D eigenvalue weighted by atomic mass is 32.1. The van der Waals surface area contributed by atoms with Gasteiger partial charge in [-0.3, -0.25) is 0 Å². The first-order valence-electron chi connectivity index (χ1n) is 13.4. The highest BCUT2D eigenvalue weighted by molar-refractivity contribution is 7.23. The Morgan fingerprint density at radius 3 is 1.68 bits per heavy atom. The van der Waals surface area contributed by atoms with E-state index in [-0.39, 0.29) is 5.92 Å². The van der Waals surface area contributed by atoms with Gasteiger partial charge in [0.2, 0.25) is 0 Å². The number of hydrogen-bond acceptors (Lipinski definition) is 4. The average Bonchev–Trinajstić information content (AvgIpc) is 3.36. The maximum absolute atomic E-state index is 5.18. The highest BCUT2D eigenvalue weighted by Gasteiger charge is 2.32. The van der Waals surface area contributed by atoms with Gasteiger partial charge >= 0.3 is 0 Å². The van der Waals surface area contributed by atoms with Crippen molar-refractivity contribution in [2.24, 2.45) is 0 Å². The number of hydrogen-bond donors (Lipinski definition) is 0. The lowest BCUT2D eigenvalue weighted by Gasteiger charge is -2.20. The van der Waals surface area contributed by atoms with Crippen molar-refractivity contribution >= 4 is 21.4 Å². The fourth-order valence-corrected chi connectivity index (χ4v) is 7.10. The van der Waals surface area contributed by atoms with E-state index in [9.17, 15) is 0 Å². The van der Waals surface area contributed by atoms with Crippen LogP contribution in [0.3, 0.4) is 0 Å². The summed E-state index contributed by atoms with van der Waals surface area (Å²) in [6, 6.07) is 46.6. The predicted octanol–water partition coefficient (Wildman–Crippen LogP) is 9.25. The van der Waals surface area contributed by atoms with Gasteiger partial charge in [0, 0.05) is 31.7 Å². The maximum atomic E-state index is 5.18. The van der Waals surface area contributed by atoms with Crippen LogP contribution < -0.4 is 0 Å². The smallest absolute Gasteiger partial charge is 0.163 e. The Hall–Kier alpha value is -4.93. The van der Waals surface area contributed by atoms with Gasteiger partial charge < -0.3 is 0 Å². The van der Waals surface area contributed by atoms with E-state index in [0.717, 1.165) is 17.0 Å². The first-order valence-corrected chi connectivity index (χ1v) is 14.2. The Bertz CT molecular complexity index is 1950. The van der Waals surface area contributed by atoms with Gasteiger partial charge in [0.05, 0.1) is 5.92 Å². The van der Waals surface area contributed by atoms with Crippen molar-refractivity contribution in [2.75, 3.05) is 0 Å². The molecule has 8 rings (SSSR count). The number of thiophene rings is 1. The van der Waals surface area contributed by atoms with E-state index in [0.29, 0.717) is 11.6 Å². The summed E-state index contributed by atoms with van der Waals surface area (Å²) in [4.78, 5) is 16.6. The molecule has 2 heterocycles. The molecule has 0 aliphatic heterocycles. The van der Waals surface area contributed by atoms with Crippen molar-refractivity contribution in [2.45, 2.75) is 5.92 Å². The van der Waals surface area contributed by atoms with E-state index < -0.39 is 0 Å². The lowest BCUT2D eigenvalue weighted by Crippen LogP contribution is -2.12. The van der Waals surface area contributed by atoms with Crippen molar-refractivity contribution in [3.05, 3.63) is 150 Å². The minimum absolute atomic E-state index is 0.154. The SMILES string of the molecule is c1ccc(-c2nc(-c3ccccc3)nc(C3c4ccccc4-c4sc5ccccc5c4-c4ccccc43)n2)cc1. The summed E-state index contributed by atoms with van der Waals surface area (Å²) in [6.45, 7) is 0. The summed E-state index contributed by atoms with van der Waals surface area (Å²) >= 11 is 1.86. The Balaban J connectivity index is 1.45. The van der Waals surface area contributed by atoms with Gasteiger partial charge in [-0.2, -0.15) is 0 Å². The molecule has 0 saturated carbocycles. The third-order valence-electron chi connectivity index (χ3n) is 7.63. The number of rotatable bonds is 3. The molecule has 0 N–H and O–H groups in total. The van der Waals surface area contributed by atoms with Crippen molar-refractivity contribution < 1.29 is 0 Å². The zero-order valence-corrected chi connectivity index (χ0v) is 22.3. The Kier molecular flexibility index (Phi) is 5.39. The van der Waals surface area contributed by atoms with Crippen molar-refractivity contribution in [1.82, 2.24) is 15.0 Å².